The van der Waals surface area contributed by atoms with Crippen molar-refractivity contribution < 1.29 is 4.79 Å². The van der Waals surface area contributed by atoms with Gasteiger partial charge in [0.1, 0.15) is 0 Å². The van der Waals surface area contributed by atoms with Crippen molar-refractivity contribution in [2.75, 3.05) is 0 Å². The van der Waals surface area contributed by atoms with Gasteiger partial charge in [0.15, 0.2) is 0 Å². The minimum atomic E-state index is -0.142. The molecule has 0 aliphatic rings. The van der Waals surface area contributed by atoms with E-state index in [1.807, 2.05) is 67.6 Å². The molecule has 0 bridgehead atoms. The number of pyridine rings is 2. The first-order valence-electron chi connectivity index (χ1n) is 8.95. The Balaban J connectivity index is 1.76. The van der Waals surface area contributed by atoms with Gasteiger partial charge in [-0.1, -0.05) is 48.0 Å². The van der Waals surface area contributed by atoms with Crippen LogP contribution in [0.4, 0.5) is 0 Å². The van der Waals surface area contributed by atoms with Gasteiger partial charge in [-0.05, 0) is 42.3 Å². The number of nitrogens with one attached hydrogen (secondary N) is 1. The number of aromatic nitrogens is 2. The number of halogens is 1. The van der Waals surface area contributed by atoms with Crippen molar-refractivity contribution in [2.45, 2.75) is 13.5 Å². The Kier molecular flexibility index (Phi) is 5.04. The molecule has 0 radical (unpaired) electrons. The Bertz CT molecular complexity index is 1140. The van der Waals surface area contributed by atoms with Crippen LogP contribution in [0.1, 0.15) is 21.5 Å². The molecule has 0 saturated heterocycles. The van der Waals surface area contributed by atoms with E-state index in [0.29, 0.717) is 17.1 Å². The summed E-state index contributed by atoms with van der Waals surface area (Å²) in [5.74, 6) is -0.142. The van der Waals surface area contributed by atoms with Gasteiger partial charge in [-0.15, -0.1) is 0 Å². The summed E-state index contributed by atoms with van der Waals surface area (Å²) in [4.78, 5) is 21.9. The molecule has 4 rings (SSSR count). The monoisotopic (exact) mass is 387 g/mol. The van der Waals surface area contributed by atoms with Crippen molar-refractivity contribution in [1.82, 2.24) is 15.3 Å². The molecule has 0 fully saturated rings. The summed E-state index contributed by atoms with van der Waals surface area (Å²) in [5.41, 5.74) is 5.04. The van der Waals surface area contributed by atoms with E-state index < -0.39 is 0 Å². The van der Waals surface area contributed by atoms with Gasteiger partial charge in [0.2, 0.25) is 0 Å². The highest BCUT2D eigenvalue weighted by Crippen LogP contribution is 2.27. The third-order valence-corrected chi connectivity index (χ3v) is 4.85. The van der Waals surface area contributed by atoms with Gasteiger partial charge in [-0.2, -0.15) is 0 Å². The maximum absolute atomic E-state index is 13.0. The van der Waals surface area contributed by atoms with Crippen LogP contribution in [0, 0.1) is 6.92 Å². The average Bonchev–Trinajstić information content (AvgIpc) is 2.73. The standard InChI is InChI=1S/C23H18ClN3O/c1-15-4-2-6-19-20(23(28)26-14-16-5-3-11-25-13-16)12-21(27-22(15)19)17-7-9-18(24)10-8-17/h2-13H,14H2,1H3,(H,26,28). The van der Waals surface area contributed by atoms with Gasteiger partial charge in [0.25, 0.3) is 5.91 Å². The summed E-state index contributed by atoms with van der Waals surface area (Å²) in [7, 11) is 0. The molecule has 1 N–H and O–H groups in total. The third kappa shape index (κ3) is 3.73. The Morgan fingerprint density at radius 3 is 2.64 bits per heavy atom. The van der Waals surface area contributed by atoms with Crippen molar-refractivity contribution in [2.24, 2.45) is 0 Å². The number of fused-ring (bicyclic) bond motifs is 1. The third-order valence-electron chi connectivity index (χ3n) is 4.60. The Labute approximate surface area is 168 Å². The first kappa shape index (κ1) is 18.1. The molecule has 0 spiro atoms. The highest BCUT2D eigenvalue weighted by molar-refractivity contribution is 6.30. The lowest BCUT2D eigenvalue weighted by Crippen LogP contribution is -2.23. The van der Waals surface area contributed by atoms with E-state index in [1.54, 1.807) is 12.4 Å². The van der Waals surface area contributed by atoms with Crippen LogP contribution >= 0.6 is 11.6 Å². The van der Waals surface area contributed by atoms with E-state index in [4.69, 9.17) is 16.6 Å². The van der Waals surface area contributed by atoms with Crippen molar-refractivity contribution >= 4 is 28.4 Å². The van der Waals surface area contributed by atoms with E-state index in [2.05, 4.69) is 10.3 Å². The lowest BCUT2D eigenvalue weighted by Gasteiger charge is -2.12. The molecule has 2 heterocycles. The number of para-hydroxylation sites is 1. The van der Waals surface area contributed by atoms with Gasteiger partial charge < -0.3 is 5.32 Å². The zero-order valence-corrected chi connectivity index (χ0v) is 16.1. The molecule has 2 aromatic carbocycles. The number of carbonyl (C=O) groups is 1. The maximum atomic E-state index is 13.0. The number of carbonyl (C=O) groups excluding carboxylic acids is 1. The van der Waals surface area contributed by atoms with Gasteiger partial charge in [-0.3, -0.25) is 9.78 Å². The number of amides is 1. The maximum Gasteiger partial charge on any atom is 0.252 e. The number of rotatable bonds is 4. The smallest absolute Gasteiger partial charge is 0.252 e. The van der Waals surface area contributed by atoms with Crippen LogP contribution in [0.3, 0.4) is 0 Å². The van der Waals surface area contributed by atoms with Gasteiger partial charge in [0.05, 0.1) is 16.8 Å². The first-order valence-corrected chi connectivity index (χ1v) is 9.33. The van der Waals surface area contributed by atoms with Crippen LogP contribution in [0.5, 0.6) is 0 Å². The second kappa shape index (κ2) is 7.79. The SMILES string of the molecule is Cc1cccc2c(C(=O)NCc3cccnc3)cc(-c3ccc(Cl)cc3)nc12. The van der Waals surface area contributed by atoms with Gasteiger partial charge in [0, 0.05) is 34.9 Å². The minimum Gasteiger partial charge on any atom is -0.348 e. The first-order chi connectivity index (χ1) is 13.6. The second-order valence-electron chi connectivity index (χ2n) is 6.58. The summed E-state index contributed by atoms with van der Waals surface area (Å²) >= 11 is 6.01. The van der Waals surface area contributed by atoms with Crippen LogP contribution in [0.2, 0.25) is 5.02 Å². The number of benzene rings is 2. The molecule has 28 heavy (non-hydrogen) atoms. The van der Waals surface area contributed by atoms with Crippen molar-refractivity contribution in [1.29, 1.82) is 0 Å². The molecule has 5 heteroatoms. The number of aryl methyl sites for hydroxylation is 1. The van der Waals surface area contributed by atoms with Crippen LogP contribution in [-0.2, 0) is 6.54 Å². The highest BCUT2D eigenvalue weighted by Gasteiger charge is 2.15. The molecular weight excluding hydrogens is 370 g/mol. The van der Waals surface area contributed by atoms with Gasteiger partial charge >= 0.3 is 0 Å². The Morgan fingerprint density at radius 1 is 1.07 bits per heavy atom. The highest BCUT2D eigenvalue weighted by atomic mass is 35.5. The molecule has 2 aromatic heterocycles. The normalized spacial score (nSPS) is 10.8. The lowest BCUT2D eigenvalue weighted by molar-refractivity contribution is 0.0952. The van der Waals surface area contributed by atoms with Crippen molar-refractivity contribution in [3.05, 3.63) is 94.8 Å². The summed E-state index contributed by atoms with van der Waals surface area (Å²) < 4.78 is 0. The number of hydrogen-bond acceptors (Lipinski definition) is 3. The van der Waals surface area contributed by atoms with E-state index >= 15 is 0 Å². The van der Waals surface area contributed by atoms with Crippen LogP contribution in [0.15, 0.2) is 73.1 Å². The Morgan fingerprint density at radius 2 is 1.89 bits per heavy atom. The summed E-state index contributed by atoms with van der Waals surface area (Å²) in [6, 6.07) is 19.0. The molecule has 0 unspecified atom stereocenters. The zero-order valence-electron chi connectivity index (χ0n) is 15.3. The molecule has 0 atom stereocenters. The molecular formula is C23H18ClN3O. The molecule has 1 amide bonds. The average molecular weight is 388 g/mol. The molecule has 0 aliphatic carbocycles. The summed E-state index contributed by atoms with van der Waals surface area (Å²) in [5, 5.41) is 4.48. The molecule has 4 aromatic rings. The summed E-state index contributed by atoms with van der Waals surface area (Å²) in [6.07, 6.45) is 3.46. The van der Waals surface area contributed by atoms with Gasteiger partial charge in [-0.25, -0.2) is 4.98 Å². The minimum absolute atomic E-state index is 0.142. The van der Waals surface area contributed by atoms with E-state index in [9.17, 15) is 4.79 Å². The fourth-order valence-corrected chi connectivity index (χ4v) is 3.25. The molecule has 0 saturated carbocycles. The zero-order chi connectivity index (χ0) is 19.5. The largest absolute Gasteiger partial charge is 0.348 e. The molecule has 0 aliphatic heterocycles. The van der Waals surface area contributed by atoms with E-state index in [1.165, 1.54) is 0 Å². The fraction of sp³-hybridized carbons (Fsp3) is 0.0870. The second-order valence-corrected chi connectivity index (χ2v) is 7.01. The lowest BCUT2D eigenvalue weighted by atomic mass is 10.0. The molecule has 138 valence electrons. The predicted molar refractivity (Wildman–Crippen MR) is 112 cm³/mol. The topological polar surface area (TPSA) is 54.9 Å². The number of nitrogens with zero attached hydrogens (tertiary/aromatic N) is 2. The van der Waals surface area contributed by atoms with Crippen LogP contribution in [-0.4, -0.2) is 15.9 Å². The predicted octanol–water partition coefficient (Wildman–Crippen LogP) is 5.19. The van der Waals surface area contributed by atoms with E-state index in [-0.39, 0.29) is 5.91 Å². The van der Waals surface area contributed by atoms with Crippen molar-refractivity contribution in [3.63, 3.8) is 0 Å². The fourth-order valence-electron chi connectivity index (χ4n) is 3.13. The van der Waals surface area contributed by atoms with Crippen LogP contribution in [0.25, 0.3) is 22.2 Å². The van der Waals surface area contributed by atoms with Crippen LogP contribution < -0.4 is 5.32 Å². The quantitative estimate of drug-likeness (QED) is 0.524. The van der Waals surface area contributed by atoms with E-state index in [0.717, 1.165) is 33.3 Å². The van der Waals surface area contributed by atoms with Crippen molar-refractivity contribution in [3.8, 4) is 11.3 Å². The summed E-state index contributed by atoms with van der Waals surface area (Å²) in [6.45, 7) is 2.41. The Hall–Kier alpha value is -3.24. The molecule has 4 nitrogen and oxygen atoms in total. The number of hydrogen-bond donors (Lipinski definition) is 1.